The molecule has 1 aromatic rings. The molecule has 0 aliphatic carbocycles. The highest BCUT2D eigenvalue weighted by molar-refractivity contribution is 5.94. The number of rotatable bonds is 4. The summed E-state index contributed by atoms with van der Waals surface area (Å²) < 4.78 is 10.6. The van der Waals surface area contributed by atoms with E-state index in [2.05, 4.69) is 0 Å². The molecule has 0 saturated carbocycles. The van der Waals surface area contributed by atoms with E-state index >= 15 is 0 Å². The largest absolute Gasteiger partial charge is 0.447 e. The van der Waals surface area contributed by atoms with E-state index in [0.29, 0.717) is 25.9 Å². The number of ether oxygens (including phenoxy) is 2. The van der Waals surface area contributed by atoms with Gasteiger partial charge in [-0.3, -0.25) is 4.79 Å². The van der Waals surface area contributed by atoms with Crippen LogP contribution in [-0.4, -0.2) is 59.2 Å². The fourth-order valence-corrected chi connectivity index (χ4v) is 3.88. The molecule has 29 heavy (non-hydrogen) atoms. The van der Waals surface area contributed by atoms with Crippen LogP contribution in [0.2, 0.25) is 0 Å². The summed E-state index contributed by atoms with van der Waals surface area (Å²) in [4.78, 5) is 40.6. The van der Waals surface area contributed by atoms with Gasteiger partial charge in [0.25, 0.3) is 0 Å². The lowest BCUT2D eigenvalue weighted by molar-refractivity contribution is -0.134. The van der Waals surface area contributed by atoms with Crippen LogP contribution in [0.5, 0.6) is 0 Å². The van der Waals surface area contributed by atoms with Gasteiger partial charge in [0.15, 0.2) is 0 Å². The highest BCUT2D eigenvalue weighted by atomic mass is 16.6. The summed E-state index contributed by atoms with van der Waals surface area (Å²) in [7, 11) is 0. The zero-order valence-corrected chi connectivity index (χ0v) is 17.6. The molecule has 0 radical (unpaired) electrons. The van der Waals surface area contributed by atoms with Crippen LogP contribution in [0.4, 0.5) is 9.59 Å². The number of cyclic esters (lactones) is 1. The number of likely N-dealkylation sites (tertiary alicyclic amines) is 1. The van der Waals surface area contributed by atoms with Crippen molar-refractivity contribution < 1.29 is 23.9 Å². The Morgan fingerprint density at radius 1 is 1.24 bits per heavy atom. The van der Waals surface area contributed by atoms with Crippen LogP contribution in [0.15, 0.2) is 30.3 Å². The predicted octanol–water partition coefficient (Wildman–Crippen LogP) is 3.47. The first kappa shape index (κ1) is 21.1. The Balaban J connectivity index is 1.62. The second kappa shape index (κ2) is 8.43. The first-order chi connectivity index (χ1) is 13.7. The number of benzene rings is 1. The average Bonchev–Trinajstić information content (AvgIpc) is 3.27. The van der Waals surface area contributed by atoms with Gasteiger partial charge in [0, 0.05) is 19.0 Å². The van der Waals surface area contributed by atoms with E-state index in [0.717, 1.165) is 5.56 Å². The van der Waals surface area contributed by atoms with Gasteiger partial charge < -0.3 is 14.4 Å². The second-order valence-corrected chi connectivity index (χ2v) is 8.89. The van der Waals surface area contributed by atoms with Gasteiger partial charge in [-0.1, -0.05) is 37.3 Å². The average molecular weight is 402 g/mol. The van der Waals surface area contributed by atoms with Crippen molar-refractivity contribution in [3.63, 3.8) is 0 Å². The predicted molar refractivity (Wildman–Crippen MR) is 107 cm³/mol. The highest BCUT2D eigenvalue weighted by Crippen LogP contribution is 2.29. The minimum absolute atomic E-state index is 0.0132. The third kappa shape index (κ3) is 5.08. The van der Waals surface area contributed by atoms with E-state index in [1.165, 1.54) is 4.90 Å². The number of hydrogen-bond acceptors (Lipinski definition) is 5. The van der Waals surface area contributed by atoms with Crippen molar-refractivity contribution in [2.45, 2.75) is 52.2 Å². The van der Waals surface area contributed by atoms with Crippen LogP contribution in [0, 0.1) is 11.8 Å². The molecule has 158 valence electrons. The molecule has 0 N–H and O–H groups in total. The molecule has 1 aromatic carbocycles. The Hall–Kier alpha value is -2.57. The van der Waals surface area contributed by atoms with Gasteiger partial charge in [-0.2, -0.15) is 0 Å². The maximum Gasteiger partial charge on any atom is 0.416 e. The van der Waals surface area contributed by atoms with Crippen LogP contribution < -0.4 is 0 Å². The molecule has 2 saturated heterocycles. The summed E-state index contributed by atoms with van der Waals surface area (Å²) in [5.74, 6) is -0.628. The van der Waals surface area contributed by atoms with Crippen LogP contribution in [0.3, 0.4) is 0 Å². The molecule has 3 atom stereocenters. The van der Waals surface area contributed by atoms with Gasteiger partial charge in [0.1, 0.15) is 12.2 Å². The number of imide groups is 1. The normalized spacial score (nSPS) is 23.1. The Bertz CT molecular complexity index is 758. The molecule has 2 aliphatic heterocycles. The molecule has 2 fully saturated rings. The van der Waals surface area contributed by atoms with Gasteiger partial charge in [-0.15, -0.1) is 0 Å². The first-order valence-corrected chi connectivity index (χ1v) is 10.2. The summed E-state index contributed by atoms with van der Waals surface area (Å²) in [6.07, 6.45) is 0.338. The molecule has 2 aliphatic rings. The minimum atomic E-state index is -0.579. The lowest BCUT2D eigenvalue weighted by Gasteiger charge is -2.27. The quantitative estimate of drug-likeness (QED) is 0.771. The van der Waals surface area contributed by atoms with Gasteiger partial charge >= 0.3 is 12.2 Å². The second-order valence-electron chi connectivity index (χ2n) is 8.89. The monoisotopic (exact) mass is 402 g/mol. The van der Waals surface area contributed by atoms with Gasteiger partial charge in [0.05, 0.1) is 6.04 Å². The fraction of sp³-hybridized carbons (Fsp3) is 0.591. The van der Waals surface area contributed by atoms with Crippen molar-refractivity contribution in [2.24, 2.45) is 11.8 Å². The lowest BCUT2D eigenvalue weighted by Crippen LogP contribution is -2.45. The number of hydrogen-bond donors (Lipinski definition) is 0. The van der Waals surface area contributed by atoms with Crippen LogP contribution >= 0.6 is 0 Å². The Kier molecular flexibility index (Phi) is 6.15. The van der Waals surface area contributed by atoms with E-state index in [9.17, 15) is 14.4 Å². The van der Waals surface area contributed by atoms with Gasteiger partial charge in [-0.25, -0.2) is 14.5 Å². The van der Waals surface area contributed by atoms with E-state index < -0.39 is 11.7 Å². The van der Waals surface area contributed by atoms with E-state index in [1.54, 1.807) is 4.90 Å². The Labute approximate surface area is 171 Å². The number of carbonyl (C=O) groups excluding carboxylic acids is 3. The SMILES string of the molecule is CC(C(=O)N1C(=O)OC[C@H]1Cc1ccccc1)[C@H]1CCN(C(=O)OC(C)(C)C)C1. The van der Waals surface area contributed by atoms with E-state index in [-0.39, 0.29) is 36.5 Å². The molecular weight excluding hydrogens is 372 g/mol. The van der Waals surface area contributed by atoms with Crippen molar-refractivity contribution in [1.82, 2.24) is 9.80 Å². The molecule has 2 heterocycles. The summed E-state index contributed by atoms with van der Waals surface area (Å²) in [6.45, 7) is 8.53. The van der Waals surface area contributed by atoms with Crippen LogP contribution in [-0.2, 0) is 20.7 Å². The summed E-state index contributed by atoms with van der Waals surface area (Å²) >= 11 is 0. The molecular formula is C22H30N2O5. The molecule has 7 nitrogen and oxygen atoms in total. The summed E-state index contributed by atoms with van der Waals surface area (Å²) in [5, 5.41) is 0. The number of carbonyl (C=O) groups is 3. The standard InChI is InChI=1S/C22H30N2O5/c1-15(17-10-11-23(13-17)20(26)29-22(2,3)4)19(25)24-18(14-28-21(24)27)12-16-8-6-5-7-9-16/h5-9,15,17-18H,10-14H2,1-4H3/t15?,17-,18+/m0/s1. The molecule has 0 aromatic heterocycles. The third-order valence-electron chi connectivity index (χ3n) is 5.49. The third-order valence-corrected chi connectivity index (χ3v) is 5.49. The zero-order valence-electron chi connectivity index (χ0n) is 17.6. The van der Waals surface area contributed by atoms with Gasteiger partial charge in [-0.05, 0) is 45.1 Å². The minimum Gasteiger partial charge on any atom is -0.447 e. The van der Waals surface area contributed by atoms with Gasteiger partial charge in [0.2, 0.25) is 5.91 Å². The summed E-state index contributed by atoms with van der Waals surface area (Å²) in [6, 6.07) is 9.45. The molecule has 7 heteroatoms. The summed E-state index contributed by atoms with van der Waals surface area (Å²) in [5.41, 5.74) is 0.499. The smallest absolute Gasteiger partial charge is 0.416 e. The van der Waals surface area contributed by atoms with E-state index in [1.807, 2.05) is 58.0 Å². The molecule has 0 bridgehead atoms. The zero-order chi connectivity index (χ0) is 21.2. The van der Waals surface area contributed by atoms with Crippen LogP contribution in [0.25, 0.3) is 0 Å². The Morgan fingerprint density at radius 3 is 2.59 bits per heavy atom. The highest BCUT2D eigenvalue weighted by Gasteiger charge is 2.43. The molecule has 3 amide bonds. The van der Waals surface area contributed by atoms with Crippen molar-refractivity contribution in [3.05, 3.63) is 35.9 Å². The molecule has 0 spiro atoms. The first-order valence-electron chi connectivity index (χ1n) is 10.2. The van der Waals surface area contributed by atoms with Crippen molar-refractivity contribution in [1.29, 1.82) is 0 Å². The van der Waals surface area contributed by atoms with Crippen molar-refractivity contribution in [2.75, 3.05) is 19.7 Å². The fourth-order valence-electron chi connectivity index (χ4n) is 3.88. The topological polar surface area (TPSA) is 76.2 Å². The van der Waals surface area contributed by atoms with Crippen molar-refractivity contribution >= 4 is 18.1 Å². The molecule has 1 unspecified atom stereocenters. The van der Waals surface area contributed by atoms with E-state index in [4.69, 9.17) is 9.47 Å². The van der Waals surface area contributed by atoms with Crippen LogP contribution in [0.1, 0.15) is 39.7 Å². The maximum atomic E-state index is 13.1. The van der Waals surface area contributed by atoms with Crippen molar-refractivity contribution in [3.8, 4) is 0 Å². The number of amides is 3. The lowest BCUT2D eigenvalue weighted by atomic mass is 9.91. The number of nitrogens with zero attached hydrogens (tertiary/aromatic N) is 2. The Morgan fingerprint density at radius 2 is 1.93 bits per heavy atom. The molecule has 3 rings (SSSR count). The maximum absolute atomic E-state index is 13.1.